The van der Waals surface area contributed by atoms with Gasteiger partial charge in [0, 0.05) is 43.5 Å². The normalized spacial score (nSPS) is 14.7. The van der Waals surface area contributed by atoms with Gasteiger partial charge in [0.25, 0.3) is 5.91 Å². The fourth-order valence-electron chi connectivity index (χ4n) is 3.87. The van der Waals surface area contributed by atoms with E-state index in [0.717, 1.165) is 22.0 Å². The number of hydrogen-bond donors (Lipinski definition) is 1. The van der Waals surface area contributed by atoms with Crippen molar-refractivity contribution < 1.29 is 4.79 Å². The lowest BCUT2D eigenvalue weighted by Crippen LogP contribution is -2.23. The first-order valence-corrected chi connectivity index (χ1v) is 10.2. The van der Waals surface area contributed by atoms with Crippen LogP contribution in [0.2, 0.25) is 0 Å². The highest BCUT2D eigenvalue weighted by Gasteiger charge is 2.17. The van der Waals surface area contributed by atoms with Crippen molar-refractivity contribution in [1.82, 2.24) is 19.9 Å². The van der Waals surface area contributed by atoms with Gasteiger partial charge in [-0.25, -0.2) is 15.0 Å². The molecule has 1 aliphatic carbocycles. The zero-order valence-corrected chi connectivity index (χ0v) is 17.3. The summed E-state index contributed by atoms with van der Waals surface area (Å²) in [4.78, 5) is 28.1. The van der Waals surface area contributed by atoms with Crippen LogP contribution in [0.15, 0.2) is 36.7 Å². The van der Waals surface area contributed by atoms with Crippen LogP contribution in [0.4, 0.5) is 5.95 Å². The van der Waals surface area contributed by atoms with Gasteiger partial charge in [0.2, 0.25) is 5.95 Å². The summed E-state index contributed by atoms with van der Waals surface area (Å²) in [6.07, 6.45) is 9.76. The number of anilines is 1. The Morgan fingerprint density at radius 2 is 1.79 bits per heavy atom. The second-order valence-electron chi connectivity index (χ2n) is 8.05. The molecule has 2 heterocycles. The van der Waals surface area contributed by atoms with Crippen molar-refractivity contribution in [2.75, 3.05) is 19.4 Å². The van der Waals surface area contributed by atoms with Gasteiger partial charge in [-0.3, -0.25) is 4.79 Å². The maximum atomic E-state index is 12.8. The topological polar surface area (TPSA) is 71.0 Å². The van der Waals surface area contributed by atoms with Gasteiger partial charge in [0.05, 0.1) is 16.8 Å². The van der Waals surface area contributed by atoms with Crippen LogP contribution < -0.4 is 5.32 Å². The molecule has 6 nitrogen and oxygen atoms in total. The summed E-state index contributed by atoms with van der Waals surface area (Å²) in [5.74, 6) is 0.613. The Hall–Kier alpha value is -3.02. The molecule has 0 atom stereocenters. The Balaban J connectivity index is 1.68. The molecule has 1 N–H and O–H groups in total. The summed E-state index contributed by atoms with van der Waals surface area (Å²) >= 11 is 0. The van der Waals surface area contributed by atoms with Gasteiger partial charge < -0.3 is 10.2 Å². The first kappa shape index (κ1) is 19.3. The van der Waals surface area contributed by atoms with Crippen LogP contribution in [0, 0.1) is 6.92 Å². The Kier molecular flexibility index (Phi) is 5.43. The average Bonchev–Trinajstić information content (AvgIpc) is 2.74. The van der Waals surface area contributed by atoms with Crippen LogP contribution in [-0.4, -0.2) is 45.9 Å². The highest BCUT2D eigenvalue weighted by atomic mass is 16.2. The standard InChI is InChI=1S/C23H27N5O/c1-15-9-10-20-18(11-15)19(22(29)28(2)3)12-21(27-20)16-13-24-23(25-14-16)26-17-7-5-4-6-8-17/h9-14,17H,4-8H2,1-3H3,(H,24,25,26). The van der Waals surface area contributed by atoms with Crippen LogP contribution in [0.1, 0.15) is 48.0 Å². The van der Waals surface area contributed by atoms with E-state index in [0.29, 0.717) is 23.2 Å². The number of nitrogens with one attached hydrogen (secondary N) is 1. The number of fused-ring (bicyclic) bond motifs is 1. The van der Waals surface area contributed by atoms with Gasteiger partial charge in [0.1, 0.15) is 0 Å². The van der Waals surface area contributed by atoms with Crippen molar-refractivity contribution in [3.63, 3.8) is 0 Å². The molecule has 1 fully saturated rings. The fourth-order valence-corrected chi connectivity index (χ4v) is 3.87. The molecule has 6 heteroatoms. The second kappa shape index (κ2) is 8.15. The number of aromatic nitrogens is 3. The molecule has 0 radical (unpaired) electrons. The monoisotopic (exact) mass is 389 g/mol. The Bertz CT molecular complexity index is 1020. The number of nitrogens with zero attached hydrogens (tertiary/aromatic N) is 4. The predicted molar refractivity (Wildman–Crippen MR) is 116 cm³/mol. The highest BCUT2D eigenvalue weighted by Crippen LogP contribution is 2.26. The maximum Gasteiger partial charge on any atom is 0.254 e. The molecule has 1 saturated carbocycles. The molecular formula is C23H27N5O. The van der Waals surface area contributed by atoms with E-state index in [1.54, 1.807) is 31.4 Å². The van der Waals surface area contributed by atoms with Crippen molar-refractivity contribution in [2.24, 2.45) is 0 Å². The van der Waals surface area contributed by atoms with Crippen molar-refractivity contribution >= 4 is 22.8 Å². The van der Waals surface area contributed by atoms with E-state index in [9.17, 15) is 4.79 Å². The summed E-state index contributed by atoms with van der Waals surface area (Å²) in [6.45, 7) is 2.02. The van der Waals surface area contributed by atoms with Gasteiger partial charge in [-0.15, -0.1) is 0 Å². The van der Waals surface area contributed by atoms with E-state index in [1.165, 1.54) is 32.1 Å². The third kappa shape index (κ3) is 4.21. The number of benzene rings is 1. The summed E-state index contributed by atoms with van der Waals surface area (Å²) < 4.78 is 0. The zero-order valence-electron chi connectivity index (χ0n) is 17.3. The minimum absolute atomic E-state index is 0.0410. The Labute approximate surface area is 171 Å². The van der Waals surface area contributed by atoms with Crippen molar-refractivity contribution in [3.05, 3.63) is 47.8 Å². The Morgan fingerprint density at radius 1 is 1.07 bits per heavy atom. The second-order valence-corrected chi connectivity index (χ2v) is 8.05. The molecule has 0 unspecified atom stereocenters. The molecule has 0 bridgehead atoms. The number of pyridine rings is 1. The average molecular weight is 390 g/mol. The van der Waals surface area contributed by atoms with E-state index in [2.05, 4.69) is 15.3 Å². The molecule has 150 valence electrons. The number of aryl methyl sites for hydroxylation is 1. The van der Waals surface area contributed by atoms with E-state index >= 15 is 0 Å². The van der Waals surface area contributed by atoms with E-state index in [1.807, 2.05) is 31.2 Å². The maximum absolute atomic E-state index is 12.8. The number of amides is 1. The largest absolute Gasteiger partial charge is 0.351 e. The number of carbonyl (C=O) groups excluding carboxylic acids is 1. The van der Waals surface area contributed by atoms with Crippen molar-refractivity contribution in [3.8, 4) is 11.3 Å². The molecule has 29 heavy (non-hydrogen) atoms. The first-order valence-electron chi connectivity index (χ1n) is 10.2. The third-order valence-electron chi connectivity index (χ3n) is 5.49. The zero-order chi connectivity index (χ0) is 20.4. The fraction of sp³-hybridized carbons (Fsp3) is 0.391. The quantitative estimate of drug-likeness (QED) is 0.714. The Morgan fingerprint density at radius 3 is 2.48 bits per heavy atom. The minimum Gasteiger partial charge on any atom is -0.351 e. The van der Waals surface area contributed by atoms with E-state index < -0.39 is 0 Å². The van der Waals surface area contributed by atoms with Crippen LogP contribution in [-0.2, 0) is 0 Å². The van der Waals surface area contributed by atoms with E-state index in [-0.39, 0.29) is 5.91 Å². The highest BCUT2D eigenvalue weighted by molar-refractivity contribution is 6.07. The number of hydrogen-bond acceptors (Lipinski definition) is 5. The van der Waals surface area contributed by atoms with Gasteiger partial charge >= 0.3 is 0 Å². The molecule has 1 aromatic carbocycles. The van der Waals surface area contributed by atoms with Crippen LogP contribution >= 0.6 is 0 Å². The molecule has 1 amide bonds. The molecular weight excluding hydrogens is 362 g/mol. The number of carbonyl (C=O) groups is 1. The first-order chi connectivity index (χ1) is 14.0. The molecule has 0 spiro atoms. The molecule has 2 aromatic heterocycles. The SMILES string of the molecule is Cc1ccc2nc(-c3cnc(NC4CCCCC4)nc3)cc(C(=O)N(C)C)c2c1. The van der Waals surface area contributed by atoms with Crippen LogP contribution in [0.25, 0.3) is 22.2 Å². The molecule has 0 saturated heterocycles. The molecule has 0 aliphatic heterocycles. The van der Waals surface area contributed by atoms with Crippen LogP contribution in [0.5, 0.6) is 0 Å². The van der Waals surface area contributed by atoms with Crippen molar-refractivity contribution in [1.29, 1.82) is 0 Å². The van der Waals surface area contributed by atoms with Crippen LogP contribution in [0.3, 0.4) is 0 Å². The summed E-state index contributed by atoms with van der Waals surface area (Å²) in [5.41, 5.74) is 4.04. The smallest absolute Gasteiger partial charge is 0.254 e. The van der Waals surface area contributed by atoms with Gasteiger partial charge in [-0.2, -0.15) is 0 Å². The predicted octanol–water partition coefficient (Wildman–Crippen LogP) is 4.45. The number of rotatable bonds is 4. The van der Waals surface area contributed by atoms with Gasteiger partial charge in [-0.1, -0.05) is 30.9 Å². The molecule has 1 aliphatic rings. The molecule has 3 aromatic rings. The lowest BCUT2D eigenvalue weighted by molar-refractivity contribution is 0.0829. The van der Waals surface area contributed by atoms with Gasteiger partial charge in [-0.05, 0) is 38.0 Å². The van der Waals surface area contributed by atoms with Crippen molar-refractivity contribution in [2.45, 2.75) is 45.1 Å². The molecule has 4 rings (SSSR count). The summed E-state index contributed by atoms with van der Waals surface area (Å²) in [6, 6.07) is 8.28. The lowest BCUT2D eigenvalue weighted by Gasteiger charge is -2.22. The van der Waals surface area contributed by atoms with E-state index in [4.69, 9.17) is 4.98 Å². The summed E-state index contributed by atoms with van der Waals surface area (Å²) in [5, 5.41) is 4.30. The lowest BCUT2D eigenvalue weighted by atomic mass is 9.96. The summed E-state index contributed by atoms with van der Waals surface area (Å²) in [7, 11) is 3.53. The third-order valence-corrected chi connectivity index (χ3v) is 5.49. The minimum atomic E-state index is -0.0410. The van der Waals surface area contributed by atoms with Gasteiger partial charge in [0.15, 0.2) is 0 Å².